The molecule has 0 aromatic carbocycles. The summed E-state index contributed by atoms with van der Waals surface area (Å²) >= 11 is 0. The molecule has 1 unspecified atom stereocenters. The van der Waals surface area contributed by atoms with Gasteiger partial charge in [-0.25, -0.2) is 9.37 Å². The second kappa shape index (κ2) is 8.30. The number of halogens is 1. The van der Waals surface area contributed by atoms with E-state index in [2.05, 4.69) is 25.9 Å². The van der Waals surface area contributed by atoms with Gasteiger partial charge in [0, 0.05) is 18.3 Å². The second-order valence-electron chi connectivity index (χ2n) is 6.89. The van der Waals surface area contributed by atoms with Gasteiger partial charge in [0.2, 0.25) is 0 Å². The molecular formula is C19H25FN6O. The molecule has 2 atom stereocenters. The number of primary amides is 1. The van der Waals surface area contributed by atoms with Crippen molar-refractivity contribution in [3.8, 4) is 0 Å². The standard InChI is InChI=1S/C19H25FN6O/c1-11-7-12(10-23-9-11)24-18-13(17(21)27)8-14(20)19(26-18)25-16-6-4-3-5-15(16)22-2/h7-10,15-16,22H,3-6H2,1-2H3,(H2,21,27)(H2,24,25,26)/t15?,16-/m1/s1. The highest BCUT2D eigenvalue weighted by molar-refractivity contribution is 5.98. The highest BCUT2D eigenvalue weighted by Crippen LogP contribution is 2.27. The molecule has 8 heteroatoms. The van der Waals surface area contributed by atoms with Crippen LogP contribution in [0.2, 0.25) is 0 Å². The van der Waals surface area contributed by atoms with Crippen LogP contribution in [0.15, 0.2) is 24.5 Å². The van der Waals surface area contributed by atoms with Gasteiger partial charge in [0.05, 0.1) is 17.4 Å². The highest BCUT2D eigenvalue weighted by atomic mass is 19.1. The first-order valence-electron chi connectivity index (χ1n) is 9.10. The number of rotatable bonds is 6. The topological polar surface area (TPSA) is 105 Å². The van der Waals surface area contributed by atoms with Crippen LogP contribution in [0.1, 0.15) is 41.6 Å². The molecule has 2 aromatic heterocycles. The van der Waals surface area contributed by atoms with Crippen molar-refractivity contribution >= 4 is 23.2 Å². The van der Waals surface area contributed by atoms with Crippen molar-refractivity contribution in [3.05, 3.63) is 41.5 Å². The van der Waals surface area contributed by atoms with Crippen LogP contribution < -0.4 is 21.7 Å². The first-order valence-corrected chi connectivity index (χ1v) is 9.10. The molecule has 0 radical (unpaired) electrons. The quantitative estimate of drug-likeness (QED) is 0.621. The molecular weight excluding hydrogens is 347 g/mol. The van der Waals surface area contributed by atoms with Crippen molar-refractivity contribution in [2.45, 2.75) is 44.7 Å². The maximum absolute atomic E-state index is 14.6. The fraction of sp³-hybridized carbons (Fsp3) is 0.421. The van der Waals surface area contributed by atoms with E-state index in [1.54, 1.807) is 12.4 Å². The summed E-state index contributed by atoms with van der Waals surface area (Å²) in [6, 6.07) is 3.29. The molecule has 0 aliphatic heterocycles. The van der Waals surface area contributed by atoms with Crippen molar-refractivity contribution in [2.75, 3.05) is 17.7 Å². The molecule has 27 heavy (non-hydrogen) atoms. The molecule has 5 N–H and O–H groups in total. The summed E-state index contributed by atoms with van der Waals surface area (Å²) in [5, 5.41) is 9.50. The fourth-order valence-electron chi connectivity index (χ4n) is 3.46. The largest absolute Gasteiger partial charge is 0.365 e. The number of pyridine rings is 2. The van der Waals surface area contributed by atoms with E-state index in [-0.39, 0.29) is 29.3 Å². The normalized spacial score (nSPS) is 19.5. The molecule has 144 valence electrons. The Morgan fingerprint density at radius 3 is 2.59 bits per heavy atom. The maximum Gasteiger partial charge on any atom is 0.252 e. The summed E-state index contributed by atoms with van der Waals surface area (Å²) in [6.07, 6.45) is 7.49. The molecule has 7 nitrogen and oxygen atoms in total. The SMILES string of the molecule is CNC1CCCC[C@H]1Nc1nc(Nc2cncc(C)c2)c(C(N)=O)cc1F. The van der Waals surface area contributed by atoms with Crippen molar-refractivity contribution in [1.29, 1.82) is 0 Å². The van der Waals surface area contributed by atoms with Crippen LogP contribution in [0, 0.1) is 12.7 Å². The molecule has 1 amide bonds. The molecule has 1 aliphatic carbocycles. The Labute approximate surface area is 158 Å². The lowest BCUT2D eigenvalue weighted by atomic mass is 9.90. The monoisotopic (exact) mass is 372 g/mol. The summed E-state index contributed by atoms with van der Waals surface area (Å²) in [7, 11) is 1.91. The van der Waals surface area contributed by atoms with E-state index in [1.807, 2.05) is 20.0 Å². The van der Waals surface area contributed by atoms with E-state index in [0.29, 0.717) is 5.69 Å². The smallest absolute Gasteiger partial charge is 0.252 e. The number of nitrogens with one attached hydrogen (secondary N) is 3. The predicted molar refractivity (Wildman–Crippen MR) is 104 cm³/mol. The van der Waals surface area contributed by atoms with Crippen LogP contribution in [0.25, 0.3) is 0 Å². The van der Waals surface area contributed by atoms with Gasteiger partial charge >= 0.3 is 0 Å². The Morgan fingerprint density at radius 1 is 1.19 bits per heavy atom. The Bertz CT molecular complexity index is 828. The number of carbonyl (C=O) groups excluding carboxylic acids is 1. The van der Waals surface area contributed by atoms with E-state index >= 15 is 0 Å². The molecule has 2 aromatic rings. The number of amides is 1. The summed E-state index contributed by atoms with van der Waals surface area (Å²) in [6.45, 7) is 1.90. The van der Waals surface area contributed by atoms with Crippen LogP contribution in [0.4, 0.5) is 21.7 Å². The Balaban J connectivity index is 1.91. The van der Waals surface area contributed by atoms with Crippen molar-refractivity contribution in [2.24, 2.45) is 5.73 Å². The van der Waals surface area contributed by atoms with Gasteiger partial charge in [0.1, 0.15) is 5.82 Å². The number of hydrogen-bond acceptors (Lipinski definition) is 6. The molecule has 0 spiro atoms. The van der Waals surface area contributed by atoms with E-state index in [9.17, 15) is 9.18 Å². The van der Waals surface area contributed by atoms with Gasteiger partial charge in [-0.1, -0.05) is 12.8 Å². The summed E-state index contributed by atoms with van der Waals surface area (Å²) in [4.78, 5) is 20.2. The number of nitrogens with zero attached hydrogens (tertiary/aromatic N) is 2. The first-order chi connectivity index (χ1) is 13.0. The molecule has 1 saturated carbocycles. The summed E-state index contributed by atoms with van der Waals surface area (Å²) in [5.41, 5.74) is 7.00. The van der Waals surface area contributed by atoms with Gasteiger partial charge in [0.25, 0.3) is 5.91 Å². The van der Waals surface area contributed by atoms with Gasteiger partial charge in [0.15, 0.2) is 11.6 Å². The third-order valence-corrected chi connectivity index (χ3v) is 4.84. The van der Waals surface area contributed by atoms with Crippen molar-refractivity contribution in [1.82, 2.24) is 15.3 Å². The van der Waals surface area contributed by atoms with Crippen LogP contribution >= 0.6 is 0 Å². The minimum atomic E-state index is -0.748. The summed E-state index contributed by atoms with van der Waals surface area (Å²) in [5.74, 6) is -1.04. The molecule has 3 rings (SSSR count). The van der Waals surface area contributed by atoms with Gasteiger partial charge in [-0.2, -0.15) is 0 Å². The summed E-state index contributed by atoms with van der Waals surface area (Å²) < 4.78 is 14.6. The van der Waals surface area contributed by atoms with Gasteiger partial charge < -0.3 is 21.7 Å². The van der Waals surface area contributed by atoms with E-state index in [4.69, 9.17) is 5.73 Å². The zero-order valence-electron chi connectivity index (χ0n) is 15.6. The average molecular weight is 372 g/mol. The number of anilines is 3. The Hall–Kier alpha value is -2.74. The molecule has 0 saturated heterocycles. The van der Waals surface area contributed by atoms with Crippen LogP contribution in [0.3, 0.4) is 0 Å². The van der Waals surface area contributed by atoms with Crippen LogP contribution in [0.5, 0.6) is 0 Å². The zero-order valence-corrected chi connectivity index (χ0v) is 15.6. The minimum absolute atomic E-state index is 0.00614. The minimum Gasteiger partial charge on any atom is -0.365 e. The number of carbonyl (C=O) groups is 1. The van der Waals surface area contributed by atoms with Gasteiger partial charge in [-0.05, 0) is 44.5 Å². The van der Waals surface area contributed by atoms with E-state index < -0.39 is 11.7 Å². The van der Waals surface area contributed by atoms with Crippen molar-refractivity contribution < 1.29 is 9.18 Å². The number of aromatic nitrogens is 2. The fourth-order valence-corrected chi connectivity index (χ4v) is 3.46. The van der Waals surface area contributed by atoms with Gasteiger partial charge in [-0.15, -0.1) is 0 Å². The molecule has 1 fully saturated rings. The number of likely N-dealkylation sites (N-methyl/N-ethyl adjacent to an activating group) is 1. The van der Waals surface area contributed by atoms with E-state index in [0.717, 1.165) is 37.3 Å². The van der Waals surface area contributed by atoms with Crippen LogP contribution in [-0.2, 0) is 0 Å². The predicted octanol–water partition coefficient (Wildman–Crippen LogP) is 2.71. The third-order valence-electron chi connectivity index (χ3n) is 4.84. The van der Waals surface area contributed by atoms with Gasteiger partial charge in [-0.3, -0.25) is 9.78 Å². The van der Waals surface area contributed by atoms with E-state index in [1.165, 1.54) is 0 Å². The molecule has 0 bridgehead atoms. The lowest BCUT2D eigenvalue weighted by Gasteiger charge is -2.32. The number of hydrogen-bond donors (Lipinski definition) is 4. The zero-order chi connectivity index (χ0) is 19.4. The third kappa shape index (κ3) is 4.51. The first kappa shape index (κ1) is 19.0. The molecule has 2 heterocycles. The Kier molecular flexibility index (Phi) is 5.85. The lowest BCUT2D eigenvalue weighted by Crippen LogP contribution is -2.45. The second-order valence-corrected chi connectivity index (χ2v) is 6.89. The highest BCUT2D eigenvalue weighted by Gasteiger charge is 2.26. The maximum atomic E-state index is 14.6. The lowest BCUT2D eigenvalue weighted by molar-refractivity contribution is 0.100. The Morgan fingerprint density at radius 2 is 1.93 bits per heavy atom. The average Bonchev–Trinajstić information content (AvgIpc) is 2.64. The number of aryl methyl sites for hydroxylation is 1. The van der Waals surface area contributed by atoms with Crippen LogP contribution in [-0.4, -0.2) is 35.0 Å². The van der Waals surface area contributed by atoms with Crippen molar-refractivity contribution in [3.63, 3.8) is 0 Å². The number of nitrogens with two attached hydrogens (primary N) is 1. The molecule has 1 aliphatic rings.